The normalized spacial score (nSPS) is 12.3. The number of ether oxygens (including phenoxy) is 1. The Kier molecular flexibility index (Phi) is 5.79. The maximum absolute atomic E-state index is 11.9. The van der Waals surface area contributed by atoms with Crippen molar-refractivity contribution in [2.24, 2.45) is 0 Å². The van der Waals surface area contributed by atoms with Gasteiger partial charge in [-0.05, 0) is 32.2 Å². The molecule has 1 atom stereocenters. The Balaban J connectivity index is 1.77. The molecule has 0 spiro atoms. The van der Waals surface area contributed by atoms with Crippen LogP contribution in [-0.2, 0) is 4.79 Å². The van der Waals surface area contributed by atoms with E-state index in [9.17, 15) is 9.59 Å². The Hall–Kier alpha value is -3.13. The van der Waals surface area contributed by atoms with Crippen LogP contribution in [0.4, 0.5) is 0 Å². The van der Waals surface area contributed by atoms with E-state index < -0.39 is 0 Å². The number of furan rings is 1. The van der Waals surface area contributed by atoms with Gasteiger partial charge >= 0.3 is 0 Å². The summed E-state index contributed by atoms with van der Waals surface area (Å²) in [4.78, 5) is 30.9. The number of rotatable bonds is 8. The molecule has 2 heterocycles. The van der Waals surface area contributed by atoms with Gasteiger partial charge in [-0.25, -0.2) is 4.98 Å². The monoisotopic (exact) mass is 385 g/mol. The van der Waals surface area contributed by atoms with Gasteiger partial charge in [0.1, 0.15) is 18.5 Å². The van der Waals surface area contributed by atoms with E-state index in [1.807, 2.05) is 31.0 Å². The number of oxazole rings is 1. The van der Waals surface area contributed by atoms with Crippen molar-refractivity contribution in [2.75, 3.05) is 34.3 Å². The van der Waals surface area contributed by atoms with Crippen molar-refractivity contribution in [2.45, 2.75) is 13.0 Å². The topological polar surface area (TPSA) is 89.0 Å². The molecule has 0 aliphatic heterocycles. The Bertz CT molecular complexity index is 962. The Labute approximate surface area is 162 Å². The minimum Gasteiger partial charge on any atom is -0.487 e. The third-order valence-electron chi connectivity index (χ3n) is 4.56. The highest BCUT2D eigenvalue weighted by atomic mass is 16.5. The van der Waals surface area contributed by atoms with E-state index in [-0.39, 0.29) is 24.3 Å². The van der Waals surface area contributed by atoms with Crippen molar-refractivity contribution < 1.29 is 23.2 Å². The lowest BCUT2D eigenvalue weighted by Crippen LogP contribution is -2.41. The molecule has 0 saturated heterocycles. The van der Waals surface area contributed by atoms with Crippen LogP contribution in [-0.4, -0.2) is 67.3 Å². The molecule has 1 unspecified atom stereocenters. The quantitative estimate of drug-likeness (QED) is 0.551. The molecule has 8 nitrogen and oxygen atoms in total. The van der Waals surface area contributed by atoms with Crippen LogP contribution in [0.1, 0.15) is 17.5 Å². The maximum atomic E-state index is 11.9. The standard InChI is InChI=1S/C20H23N3O5/c1-13(23(4)10-18(25)22(2)3)12-27-19-15-6-5-14(20-21-7-8-26-20)9-16(15)28-17(19)11-24/h5-9,11,13H,10,12H2,1-4H3. The van der Waals surface area contributed by atoms with E-state index in [1.54, 1.807) is 31.3 Å². The first kappa shape index (κ1) is 19.6. The van der Waals surface area contributed by atoms with Gasteiger partial charge in [-0.1, -0.05) is 0 Å². The highest BCUT2D eigenvalue weighted by Gasteiger charge is 2.20. The van der Waals surface area contributed by atoms with Gasteiger partial charge in [0.05, 0.1) is 18.1 Å². The maximum Gasteiger partial charge on any atom is 0.236 e. The number of hydrogen-bond acceptors (Lipinski definition) is 7. The summed E-state index contributed by atoms with van der Waals surface area (Å²) < 4.78 is 16.8. The Morgan fingerprint density at radius 1 is 1.32 bits per heavy atom. The van der Waals surface area contributed by atoms with E-state index in [0.29, 0.717) is 35.5 Å². The molecule has 0 aliphatic carbocycles. The first-order valence-electron chi connectivity index (χ1n) is 8.85. The molecule has 0 radical (unpaired) electrons. The molecular formula is C20H23N3O5. The molecule has 0 aliphatic rings. The molecule has 28 heavy (non-hydrogen) atoms. The lowest BCUT2D eigenvalue weighted by molar-refractivity contribution is -0.130. The van der Waals surface area contributed by atoms with Crippen molar-refractivity contribution in [3.63, 3.8) is 0 Å². The van der Waals surface area contributed by atoms with Gasteiger partial charge in [0.15, 0.2) is 12.0 Å². The number of carbonyl (C=O) groups excluding carboxylic acids is 2. The number of aldehydes is 1. The second-order valence-electron chi connectivity index (χ2n) is 6.82. The smallest absolute Gasteiger partial charge is 0.236 e. The highest BCUT2D eigenvalue weighted by molar-refractivity contribution is 5.94. The van der Waals surface area contributed by atoms with Crippen molar-refractivity contribution in [3.05, 3.63) is 36.4 Å². The molecule has 0 N–H and O–H groups in total. The van der Waals surface area contributed by atoms with Gasteiger partial charge in [-0.2, -0.15) is 0 Å². The number of benzene rings is 1. The number of aromatic nitrogens is 1. The summed E-state index contributed by atoms with van der Waals surface area (Å²) in [6, 6.07) is 5.35. The SMILES string of the molecule is CC(COc1c(C=O)oc2cc(-c3ncco3)ccc12)N(C)CC(=O)N(C)C. The molecule has 0 saturated carbocycles. The van der Waals surface area contributed by atoms with Crippen LogP contribution in [0.5, 0.6) is 5.75 Å². The third-order valence-corrected chi connectivity index (χ3v) is 4.56. The summed E-state index contributed by atoms with van der Waals surface area (Å²) in [5, 5.41) is 0.691. The van der Waals surface area contributed by atoms with Gasteiger partial charge in [-0.15, -0.1) is 0 Å². The van der Waals surface area contributed by atoms with Gasteiger partial charge in [0, 0.05) is 25.7 Å². The molecule has 1 amide bonds. The molecule has 1 aromatic carbocycles. The molecule has 148 valence electrons. The van der Waals surface area contributed by atoms with Crippen LogP contribution in [0.25, 0.3) is 22.4 Å². The average molecular weight is 385 g/mol. The van der Waals surface area contributed by atoms with Gasteiger partial charge in [-0.3, -0.25) is 14.5 Å². The molecule has 2 aromatic heterocycles. The van der Waals surface area contributed by atoms with Gasteiger partial charge in [0.2, 0.25) is 17.6 Å². The Morgan fingerprint density at radius 3 is 2.75 bits per heavy atom. The lowest BCUT2D eigenvalue weighted by atomic mass is 10.1. The van der Waals surface area contributed by atoms with E-state index in [1.165, 1.54) is 6.26 Å². The summed E-state index contributed by atoms with van der Waals surface area (Å²) in [7, 11) is 5.29. The largest absolute Gasteiger partial charge is 0.487 e. The zero-order valence-electron chi connectivity index (χ0n) is 16.3. The van der Waals surface area contributed by atoms with Gasteiger partial charge < -0.3 is 18.5 Å². The van der Waals surface area contributed by atoms with Gasteiger partial charge in [0.25, 0.3) is 0 Å². The number of fused-ring (bicyclic) bond motifs is 1. The molecule has 8 heteroatoms. The summed E-state index contributed by atoms with van der Waals surface area (Å²) in [5.41, 5.74) is 1.25. The van der Waals surface area contributed by atoms with Crippen LogP contribution >= 0.6 is 0 Å². The van der Waals surface area contributed by atoms with Crippen LogP contribution in [0.15, 0.2) is 39.5 Å². The summed E-state index contributed by atoms with van der Waals surface area (Å²) >= 11 is 0. The molecule has 3 rings (SSSR count). The highest BCUT2D eigenvalue weighted by Crippen LogP contribution is 2.34. The zero-order valence-corrected chi connectivity index (χ0v) is 16.3. The minimum atomic E-state index is -0.0417. The second-order valence-corrected chi connectivity index (χ2v) is 6.82. The fourth-order valence-corrected chi connectivity index (χ4v) is 2.66. The van der Waals surface area contributed by atoms with Crippen LogP contribution in [0.2, 0.25) is 0 Å². The number of amides is 1. The van der Waals surface area contributed by atoms with Crippen LogP contribution in [0, 0.1) is 0 Å². The molecule has 3 aromatic rings. The fraction of sp³-hybridized carbons (Fsp3) is 0.350. The first-order valence-corrected chi connectivity index (χ1v) is 8.85. The number of carbonyl (C=O) groups is 2. The summed E-state index contributed by atoms with van der Waals surface area (Å²) in [6.07, 6.45) is 3.68. The van der Waals surface area contributed by atoms with E-state index >= 15 is 0 Å². The predicted molar refractivity (Wildman–Crippen MR) is 103 cm³/mol. The number of nitrogens with zero attached hydrogens (tertiary/aromatic N) is 3. The van der Waals surface area contributed by atoms with E-state index in [0.717, 1.165) is 5.56 Å². The van der Waals surface area contributed by atoms with Crippen LogP contribution < -0.4 is 4.74 Å². The zero-order chi connectivity index (χ0) is 20.3. The van der Waals surface area contributed by atoms with Crippen molar-refractivity contribution in [1.29, 1.82) is 0 Å². The van der Waals surface area contributed by atoms with E-state index in [2.05, 4.69) is 4.98 Å². The molecule has 0 bridgehead atoms. The number of likely N-dealkylation sites (N-methyl/N-ethyl adjacent to an activating group) is 2. The van der Waals surface area contributed by atoms with Crippen molar-refractivity contribution in [1.82, 2.24) is 14.8 Å². The summed E-state index contributed by atoms with van der Waals surface area (Å²) in [6.45, 7) is 2.53. The molecular weight excluding hydrogens is 362 g/mol. The minimum absolute atomic E-state index is 0.00996. The lowest BCUT2D eigenvalue weighted by Gasteiger charge is -2.25. The van der Waals surface area contributed by atoms with Crippen molar-refractivity contribution in [3.8, 4) is 17.2 Å². The first-order chi connectivity index (χ1) is 13.4. The Morgan fingerprint density at radius 2 is 2.11 bits per heavy atom. The van der Waals surface area contributed by atoms with Crippen LogP contribution in [0.3, 0.4) is 0 Å². The fourth-order valence-electron chi connectivity index (χ4n) is 2.66. The molecule has 0 fully saturated rings. The summed E-state index contributed by atoms with van der Waals surface area (Å²) in [5.74, 6) is 0.992. The van der Waals surface area contributed by atoms with Crippen molar-refractivity contribution >= 4 is 23.2 Å². The predicted octanol–water partition coefficient (Wildman–Crippen LogP) is 2.69. The third kappa shape index (κ3) is 4.07. The van der Waals surface area contributed by atoms with E-state index in [4.69, 9.17) is 13.6 Å². The average Bonchev–Trinajstić information content (AvgIpc) is 3.32. The number of hydrogen-bond donors (Lipinski definition) is 0. The second kappa shape index (κ2) is 8.26.